The van der Waals surface area contributed by atoms with E-state index in [1.807, 2.05) is 6.92 Å². The van der Waals surface area contributed by atoms with Gasteiger partial charge >= 0.3 is 12.0 Å². The van der Waals surface area contributed by atoms with Crippen molar-refractivity contribution in [2.75, 3.05) is 14.2 Å². The van der Waals surface area contributed by atoms with Gasteiger partial charge in [0.25, 0.3) is 0 Å². The Labute approximate surface area is 93.8 Å². The number of hydrogen-bond donors (Lipinski definition) is 0. The fraction of sp³-hybridized carbons (Fsp3) is 0.545. The van der Waals surface area contributed by atoms with E-state index in [1.54, 1.807) is 6.20 Å². The third-order valence-corrected chi connectivity index (χ3v) is 2.91. The van der Waals surface area contributed by atoms with Crippen molar-refractivity contribution >= 4 is 5.97 Å². The van der Waals surface area contributed by atoms with Crippen LogP contribution in [0.4, 0.5) is 0 Å². The molecule has 16 heavy (non-hydrogen) atoms. The topological polar surface area (TPSA) is 61.3 Å². The van der Waals surface area contributed by atoms with Gasteiger partial charge in [-0.1, -0.05) is 0 Å². The second-order valence-electron chi connectivity index (χ2n) is 3.96. The third kappa shape index (κ3) is 1.52. The molecule has 5 heteroatoms. The normalized spacial score (nSPS) is 16.7. The van der Waals surface area contributed by atoms with E-state index >= 15 is 0 Å². The van der Waals surface area contributed by atoms with Crippen LogP contribution < -0.4 is 4.74 Å². The smallest absolute Gasteiger partial charge is 0.317 e. The summed E-state index contributed by atoms with van der Waals surface area (Å²) in [7, 11) is 2.91. The van der Waals surface area contributed by atoms with E-state index < -0.39 is 5.41 Å². The predicted octanol–water partition coefficient (Wildman–Crippen LogP) is 0.998. The van der Waals surface area contributed by atoms with Gasteiger partial charge in [0.05, 0.1) is 19.9 Å². The van der Waals surface area contributed by atoms with E-state index in [2.05, 4.69) is 9.97 Å². The number of rotatable bonds is 3. The first-order valence-corrected chi connectivity index (χ1v) is 5.10. The molecule has 1 aliphatic rings. The molecule has 0 bridgehead atoms. The number of ether oxygens (including phenoxy) is 2. The first-order valence-electron chi connectivity index (χ1n) is 5.10. The summed E-state index contributed by atoms with van der Waals surface area (Å²) in [5.41, 5.74) is 1.06. The number of aryl methyl sites for hydroxylation is 1. The van der Waals surface area contributed by atoms with E-state index in [4.69, 9.17) is 9.47 Å². The van der Waals surface area contributed by atoms with Gasteiger partial charge in [-0.3, -0.25) is 4.79 Å². The summed E-state index contributed by atoms with van der Waals surface area (Å²) in [5, 5.41) is 0. The number of esters is 1. The molecule has 0 amide bonds. The molecule has 0 atom stereocenters. The summed E-state index contributed by atoms with van der Waals surface area (Å²) in [6, 6.07) is 0.288. The molecule has 86 valence electrons. The van der Waals surface area contributed by atoms with Gasteiger partial charge in [0, 0.05) is 6.20 Å². The molecule has 2 rings (SSSR count). The van der Waals surface area contributed by atoms with Crippen molar-refractivity contribution < 1.29 is 14.3 Å². The van der Waals surface area contributed by atoms with E-state index in [1.165, 1.54) is 14.2 Å². The number of carbonyl (C=O) groups excluding carboxylic acids is 1. The minimum atomic E-state index is -0.560. The van der Waals surface area contributed by atoms with E-state index in [0.717, 1.165) is 24.1 Å². The standard InChI is InChI=1S/C11H14N2O3/c1-7-6-12-10(16-3)13-8(7)11(4-5-11)9(14)15-2/h6H,4-5H2,1-3H3. The summed E-state index contributed by atoms with van der Waals surface area (Å²) in [4.78, 5) is 20.0. The van der Waals surface area contributed by atoms with E-state index in [-0.39, 0.29) is 12.0 Å². The summed E-state index contributed by atoms with van der Waals surface area (Å²) < 4.78 is 9.79. The van der Waals surface area contributed by atoms with Crippen LogP contribution in [-0.2, 0) is 14.9 Å². The first kappa shape index (κ1) is 10.9. The highest BCUT2D eigenvalue weighted by Crippen LogP contribution is 2.49. The maximum absolute atomic E-state index is 11.7. The van der Waals surface area contributed by atoms with Crippen LogP contribution in [0.3, 0.4) is 0 Å². The largest absolute Gasteiger partial charge is 0.468 e. The van der Waals surface area contributed by atoms with Crippen molar-refractivity contribution in [2.24, 2.45) is 0 Å². The van der Waals surface area contributed by atoms with Crippen LogP contribution in [0.2, 0.25) is 0 Å². The summed E-state index contributed by atoms with van der Waals surface area (Å²) in [5.74, 6) is -0.226. The molecule has 1 heterocycles. The van der Waals surface area contributed by atoms with Gasteiger partial charge in [-0.15, -0.1) is 0 Å². The lowest BCUT2D eigenvalue weighted by Gasteiger charge is -2.14. The van der Waals surface area contributed by atoms with Crippen LogP contribution in [0.1, 0.15) is 24.1 Å². The number of methoxy groups -OCH3 is 2. The number of carbonyl (C=O) groups is 1. The van der Waals surface area contributed by atoms with Crippen LogP contribution in [-0.4, -0.2) is 30.2 Å². The van der Waals surface area contributed by atoms with Crippen LogP contribution >= 0.6 is 0 Å². The van der Waals surface area contributed by atoms with Gasteiger partial charge in [0.15, 0.2) is 0 Å². The number of nitrogens with zero attached hydrogens (tertiary/aromatic N) is 2. The van der Waals surface area contributed by atoms with E-state index in [9.17, 15) is 4.79 Å². The van der Waals surface area contributed by atoms with Gasteiger partial charge < -0.3 is 9.47 Å². The van der Waals surface area contributed by atoms with Crippen LogP contribution in [0.15, 0.2) is 6.20 Å². The quantitative estimate of drug-likeness (QED) is 0.714. The molecule has 1 aliphatic carbocycles. The Morgan fingerprint density at radius 3 is 2.62 bits per heavy atom. The molecule has 1 saturated carbocycles. The lowest BCUT2D eigenvalue weighted by atomic mass is 9.99. The first-order chi connectivity index (χ1) is 7.64. The van der Waals surface area contributed by atoms with Crippen molar-refractivity contribution in [1.82, 2.24) is 9.97 Å². The van der Waals surface area contributed by atoms with Crippen molar-refractivity contribution in [3.8, 4) is 6.01 Å². The molecule has 0 radical (unpaired) electrons. The third-order valence-electron chi connectivity index (χ3n) is 2.91. The highest BCUT2D eigenvalue weighted by molar-refractivity contribution is 5.86. The minimum absolute atomic E-state index is 0.226. The van der Waals surface area contributed by atoms with Crippen molar-refractivity contribution in [2.45, 2.75) is 25.2 Å². The molecule has 1 fully saturated rings. The van der Waals surface area contributed by atoms with Crippen molar-refractivity contribution in [3.63, 3.8) is 0 Å². The van der Waals surface area contributed by atoms with Crippen LogP contribution in [0, 0.1) is 6.92 Å². The molecule has 0 N–H and O–H groups in total. The molecule has 0 saturated heterocycles. The Morgan fingerprint density at radius 1 is 1.44 bits per heavy atom. The zero-order valence-corrected chi connectivity index (χ0v) is 9.61. The zero-order chi connectivity index (χ0) is 11.8. The number of hydrogen-bond acceptors (Lipinski definition) is 5. The Balaban J connectivity index is 2.43. The monoisotopic (exact) mass is 222 g/mol. The average molecular weight is 222 g/mol. The molecular formula is C11H14N2O3. The molecule has 1 aromatic rings. The van der Waals surface area contributed by atoms with Gasteiger partial charge in [-0.05, 0) is 25.3 Å². The molecular weight excluding hydrogens is 208 g/mol. The molecule has 0 spiro atoms. The average Bonchev–Trinajstić information content (AvgIpc) is 3.10. The van der Waals surface area contributed by atoms with Crippen molar-refractivity contribution in [1.29, 1.82) is 0 Å². The van der Waals surface area contributed by atoms with E-state index in [0.29, 0.717) is 0 Å². The molecule has 5 nitrogen and oxygen atoms in total. The highest BCUT2D eigenvalue weighted by atomic mass is 16.5. The lowest BCUT2D eigenvalue weighted by Crippen LogP contribution is -2.24. The zero-order valence-electron chi connectivity index (χ0n) is 9.61. The highest BCUT2D eigenvalue weighted by Gasteiger charge is 2.54. The molecule has 0 aromatic carbocycles. The second kappa shape index (κ2) is 3.73. The summed E-state index contributed by atoms with van der Waals surface area (Å²) in [6.07, 6.45) is 3.23. The minimum Gasteiger partial charge on any atom is -0.468 e. The van der Waals surface area contributed by atoms with Crippen LogP contribution in [0.5, 0.6) is 6.01 Å². The fourth-order valence-electron chi connectivity index (χ4n) is 1.87. The second-order valence-corrected chi connectivity index (χ2v) is 3.96. The summed E-state index contributed by atoms with van der Waals surface area (Å²) in [6.45, 7) is 1.89. The predicted molar refractivity (Wildman–Crippen MR) is 56.2 cm³/mol. The Kier molecular flexibility index (Phi) is 2.53. The Hall–Kier alpha value is -1.65. The van der Waals surface area contributed by atoms with Gasteiger partial charge in [-0.2, -0.15) is 4.98 Å². The molecule has 0 aliphatic heterocycles. The van der Waals surface area contributed by atoms with Crippen molar-refractivity contribution in [3.05, 3.63) is 17.5 Å². The number of aromatic nitrogens is 2. The Bertz CT molecular complexity index is 427. The molecule has 1 aromatic heterocycles. The molecule has 0 unspecified atom stereocenters. The van der Waals surface area contributed by atoms with Crippen LogP contribution in [0.25, 0.3) is 0 Å². The SMILES string of the molecule is COC(=O)C1(c2nc(OC)ncc2C)CC1. The van der Waals surface area contributed by atoms with Gasteiger partial charge in [0.1, 0.15) is 5.41 Å². The summed E-state index contributed by atoms with van der Waals surface area (Å²) >= 11 is 0. The maximum Gasteiger partial charge on any atom is 0.317 e. The van der Waals surface area contributed by atoms with Gasteiger partial charge in [-0.25, -0.2) is 4.98 Å². The Morgan fingerprint density at radius 2 is 2.12 bits per heavy atom. The maximum atomic E-state index is 11.7. The fourth-order valence-corrected chi connectivity index (χ4v) is 1.87. The lowest BCUT2D eigenvalue weighted by molar-refractivity contribution is -0.143. The van der Waals surface area contributed by atoms with Gasteiger partial charge in [0.2, 0.25) is 0 Å².